The van der Waals surface area contributed by atoms with Crippen molar-refractivity contribution in [3.63, 3.8) is 0 Å². The van der Waals surface area contributed by atoms with Crippen LogP contribution in [-0.4, -0.2) is 11.8 Å². The number of benzene rings is 1. The van der Waals surface area contributed by atoms with Crippen LogP contribution in [0.1, 0.15) is 11.1 Å². The predicted octanol–water partition coefficient (Wildman–Crippen LogP) is 0.684. The van der Waals surface area contributed by atoms with Crippen molar-refractivity contribution in [1.82, 2.24) is 0 Å². The Bertz CT molecular complexity index is 427. The van der Waals surface area contributed by atoms with E-state index in [1.165, 1.54) is 0 Å². The molecule has 0 aliphatic heterocycles. The first-order chi connectivity index (χ1) is 7.43. The maximum absolute atomic E-state index is 10.9. The first-order valence-electron chi connectivity index (χ1n) is 4.51. The van der Waals surface area contributed by atoms with Gasteiger partial charge in [-0.05, 0) is 11.1 Å². The maximum atomic E-state index is 10.9. The van der Waals surface area contributed by atoms with Crippen molar-refractivity contribution >= 4 is 23.0 Å². The third-order valence-corrected chi connectivity index (χ3v) is 2.18. The Balaban J connectivity index is 3.00. The fraction of sp³-hybridized carbons (Fsp3) is 0. The summed E-state index contributed by atoms with van der Waals surface area (Å²) in [5.74, 6) is -1.16. The standard InChI is InChI=1S/C12H12N2O2/c1-7(11(13)15)9-3-5-10(6-4-9)8(2)12(14)16/h3-6H,1-2H2,(H2,13,15)(H2,14,16). The Morgan fingerprint density at radius 2 is 1.06 bits per heavy atom. The highest BCUT2D eigenvalue weighted by molar-refractivity contribution is 6.19. The van der Waals surface area contributed by atoms with E-state index in [2.05, 4.69) is 13.2 Å². The van der Waals surface area contributed by atoms with Crippen LogP contribution in [0.2, 0.25) is 0 Å². The van der Waals surface area contributed by atoms with E-state index in [0.29, 0.717) is 11.1 Å². The van der Waals surface area contributed by atoms with Gasteiger partial charge in [0, 0.05) is 11.1 Å². The molecule has 0 aromatic heterocycles. The predicted molar refractivity (Wildman–Crippen MR) is 62.9 cm³/mol. The number of hydrogen-bond donors (Lipinski definition) is 2. The largest absolute Gasteiger partial charge is 0.366 e. The molecule has 0 aliphatic carbocycles. The molecule has 4 heteroatoms. The summed E-state index contributed by atoms with van der Waals surface area (Å²) in [5.41, 5.74) is 11.8. The Morgan fingerprint density at radius 3 is 1.25 bits per heavy atom. The fourth-order valence-electron chi connectivity index (χ4n) is 1.16. The van der Waals surface area contributed by atoms with E-state index >= 15 is 0 Å². The molecule has 0 aliphatic rings. The van der Waals surface area contributed by atoms with Crippen LogP contribution >= 0.6 is 0 Å². The van der Waals surface area contributed by atoms with Gasteiger partial charge in [-0.2, -0.15) is 0 Å². The van der Waals surface area contributed by atoms with Gasteiger partial charge in [0.1, 0.15) is 0 Å². The lowest BCUT2D eigenvalue weighted by Gasteiger charge is -2.04. The third-order valence-electron chi connectivity index (χ3n) is 2.18. The van der Waals surface area contributed by atoms with Crippen LogP contribution in [0.25, 0.3) is 11.1 Å². The van der Waals surface area contributed by atoms with Crippen LogP contribution in [0, 0.1) is 0 Å². The molecule has 0 fully saturated rings. The van der Waals surface area contributed by atoms with Gasteiger partial charge in [0.2, 0.25) is 11.8 Å². The molecular weight excluding hydrogens is 204 g/mol. The zero-order valence-corrected chi connectivity index (χ0v) is 8.69. The zero-order chi connectivity index (χ0) is 12.3. The Labute approximate surface area is 93.2 Å². The Hall–Kier alpha value is -2.36. The molecule has 16 heavy (non-hydrogen) atoms. The molecular formula is C12H12N2O2. The fourth-order valence-corrected chi connectivity index (χ4v) is 1.16. The van der Waals surface area contributed by atoms with Gasteiger partial charge in [0.25, 0.3) is 0 Å². The molecule has 0 saturated heterocycles. The smallest absolute Gasteiger partial charge is 0.248 e. The second-order valence-corrected chi connectivity index (χ2v) is 3.26. The summed E-state index contributed by atoms with van der Waals surface area (Å²) in [6.07, 6.45) is 0. The molecule has 82 valence electrons. The summed E-state index contributed by atoms with van der Waals surface area (Å²) >= 11 is 0. The minimum atomic E-state index is -0.582. The van der Waals surface area contributed by atoms with E-state index in [9.17, 15) is 9.59 Å². The van der Waals surface area contributed by atoms with Gasteiger partial charge in [-0.3, -0.25) is 9.59 Å². The van der Waals surface area contributed by atoms with Crippen LogP contribution in [0.4, 0.5) is 0 Å². The van der Waals surface area contributed by atoms with Gasteiger partial charge < -0.3 is 11.5 Å². The van der Waals surface area contributed by atoms with Gasteiger partial charge >= 0.3 is 0 Å². The minimum absolute atomic E-state index is 0.219. The topological polar surface area (TPSA) is 86.2 Å². The summed E-state index contributed by atoms with van der Waals surface area (Å²) in [4.78, 5) is 21.7. The number of nitrogens with two attached hydrogens (primary N) is 2. The minimum Gasteiger partial charge on any atom is -0.366 e. The molecule has 1 aromatic rings. The van der Waals surface area contributed by atoms with Crippen molar-refractivity contribution in [3.05, 3.63) is 48.6 Å². The normalized spacial score (nSPS) is 9.50. The van der Waals surface area contributed by atoms with E-state index < -0.39 is 11.8 Å². The molecule has 0 unspecified atom stereocenters. The van der Waals surface area contributed by atoms with Crippen molar-refractivity contribution in [2.75, 3.05) is 0 Å². The number of rotatable bonds is 4. The second-order valence-electron chi connectivity index (χ2n) is 3.26. The van der Waals surface area contributed by atoms with Gasteiger partial charge in [0.15, 0.2) is 0 Å². The SMILES string of the molecule is C=C(C(N)=O)c1ccc(C(=C)C(N)=O)cc1. The van der Waals surface area contributed by atoms with Crippen LogP contribution < -0.4 is 11.5 Å². The monoisotopic (exact) mass is 216 g/mol. The number of carbonyl (C=O) groups is 2. The van der Waals surface area contributed by atoms with Crippen LogP contribution in [0.3, 0.4) is 0 Å². The summed E-state index contributed by atoms with van der Waals surface area (Å²) in [7, 11) is 0. The van der Waals surface area contributed by atoms with Crippen LogP contribution in [0.15, 0.2) is 37.4 Å². The average Bonchev–Trinajstić information content (AvgIpc) is 2.27. The van der Waals surface area contributed by atoms with Crippen molar-refractivity contribution in [1.29, 1.82) is 0 Å². The Kier molecular flexibility index (Phi) is 3.25. The van der Waals surface area contributed by atoms with Gasteiger partial charge in [-0.25, -0.2) is 0 Å². The molecule has 2 amide bonds. The number of carbonyl (C=O) groups excluding carboxylic acids is 2. The first kappa shape index (κ1) is 11.7. The molecule has 0 radical (unpaired) electrons. The summed E-state index contributed by atoms with van der Waals surface area (Å²) < 4.78 is 0. The molecule has 4 nitrogen and oxygen atoms in total. The van der Waals surface area contributed by atoms with Crippen molar-refractivity contribution in [3.8, 4) is 0 Å². The van der Waals surface area contributed by atoms with Gasteiger partial charge in [0.05, 0.1) is 0 Å². The number of amides is 2. The maximum Gasteiger partial charge on any atom is 0.248 e. The Morgan fingerprint density at radius 1 is 0.812 bits per heavy atom. The quantitative estimate of drug-likeness (QED) is 0.725. The van der Waals surface area contributed by atoms with E-state index in [1.807, 2.05) is 0 Å². The van der Waals surface area contributed by atoms with Crippen molar-refractivity contribution in [2.45, 2.75) is 0 Å². The van der Waals surface area contributed by atoms with Crippen LogP contribution in [-0.2, 0) is 9.59 Å². The lowest BCUT2D eigenvalue weighted by atomic mass is 10.0. The van der Waals surface area contributed by atoms with Gasteiger partial charge in [-0.1, -0.05) is 37.4 Å². The number of hydrogen-bond acceptors (Lipinski definition) is 2. The third kappa shape index (κ3) is 2.36. The molecule has 1 aromatic carbocycles. The highest BCUT2D eigenvalue weighted by atomic mass is 16.1. The molecule has 0 heterocycles. The summed E-state index contributed by atoms with van der Waals surface area (Å²) in [6, 6.07) is 6.54. The lowest BCUT2D eigenvalue weighted by molar-refractivity contribution is -0.113. The first-order valence-corrected chi connectivity index (χ1v) is 4.51. The average molecular weight is 216 g/mol. The zero-order valence-electron chi connectivity index (χ0n) is 8.69. The van der Waals surface area contributed by atoms with Crippen LogP contribution in [0.5, 0.6) is 0 Å². The van der Waals surface area contributed by atoms with E-state index in [-0.39, 0.29) is 11.1 Å². The van der Waals surface area contributed by atoms with Crippen molar-refractivity contribution < 1.29 is 9.59 Å². The van der Waals surface area contributed by atoms with E-state index in [4.69, 9.17) is 11.5 Å². The molecule has 0 bridgehead atoms. The lowest BCUT2D eigenvalue weighted by Crippen LogP contribution is -2.13. The summed E-state index contributed by atoms with van der Waals surface area (Å²) in [5, 5.41) is 0. The van der Waals surface area contributed by atoms with E-state index in [1.54, 1.807) is 24.3 Å². The number of primary amides is 2. The molecule has 0 spiro atoms. The highest BCUT2D eigenvalue weighted by Gasteiger charge is 2.07. The highest BCUT2D eigenvalue weighted by Crippen LogP contribution is 2.17. The van der Waals surface area contributed by atoms with Gasteiger partial charge in [-0.15, -0.1) is 0 Å². The molecule has 0 atom stereocenters. The van der Waals surface area contributed by atoms with E-state index in [0.717, 1.165) is 0 Å². The molecule has 0 saturated carbocycles. The molecule has 1 rings (SSSR count). The second kappa shape index (κ2) is 4.44. The van der Waals surface area contributed by atoms with Crippen molar-refractivity contribution in [2.24, 2.45) is 11.5 Å². The molecule has 4 N–H and O–H groups in total. The summed E-state index contributed by atoms with van der Waals surface area (Å²) in [6.45, 7) is 7.09.